The third kappa shape index (κ3) is 4.46. The predicted molar refractivity (Wildman–Crippen MR) is 95.4 cm³/mol. The average molecular weight is 365 g/mol. The number of nitro groups is 1. The van der Waals surface area contributed by atoms with Crippen molar-refractivity contribution in [3.05, 3.63) is 57.6 Å². The van der Waals surface area contributed by atoms with Crippen LogP contribution in [0.15, 0.2) is 41.3 Å². The first-order valence-electron chi connectivity index (χ1n) is 7.48. The first-order valence-corrected chi connectivity index (χ1v) is 8.96. The predicted octanol–water partition coefficient (Wildman–Crippen LogP) is 2.42. The monoisotopic (exact) mass is 365 g/mol. The number of non-ortho nitro benzene ring substituents is 1. The fourth-order valence-electron chi connectivity index (χ4n) is 2.27. The number of hydrogen-bond donors (Lipinski definition) is 3. The molecule has 2 rings (SSSR count). The number of sulfonamides is 1. The minimum Gasteiger partial charge on any atom is -0.395 e. The zero-order valence-corrected chi connectivity index (χ0v) is 14.6. The molecular formula is C16H19N3O5S. The number of nitrogens with zero attached hydrogens (tertiary/aromatic N) is 1. The Labute approximate surface area is 145 Å². The summed E-state index contributed by atoms with van der Waals surface area (Å²) in [6, 6.07) is 8.83. The zero-order chi connectivity index (χ0) is 18.6. The van der Waals surface area contributed by atoms with E-state index >= 15 is 0 Å². The number of anilines is 2. The van der Waals surface area contributed by atoms with E-state index in [-0.39, 0.29) is 29.4 Å². The van der Waals surface area contributed by atoms with Gasteiger partial charge in [-0.2, -0.15) is 0 Å². The Bertz CT molecular complexity index is 897. The summed E-state index contributed by atoms with van der Waals surface area (Å²) in [5.41, 5.74) is 1.49. The van der Waals surface area contributed by atoms with E-state index in [4.69, 9.17) is 5.11 Å². The van der Waals surface area contributed by atoms with Gasteiger partial charge in [-0.3, -0.25) is 14.8 Å². The molecule has 0 fully saturated rings. The molecule has 0 aliphatic heterocycles. The first kappa shape index (κ1) is 18.7. The van der Waals surface area contributed by atoms with Gasteiger partial charge >= 0.3 is 0 Å². The minimum absolute atomic E-state index is 0.0450. The molecule has 0 unspecified atom stereocenters. The summed E-state index contributed by atoms with van der Waals surface area (Å²) in [4.78, 5) is 10.5. The Balaban J connectivity index is 2.47. The van der Waals surface area contributed by atoms with E-state index in [0.29, 0.717) is 11.3 Å². The highest BCUT2D eigenvalue weighted by atomic mass is 32.2. The van der Waals surface area contributed by atoms with E-state index in [1.165, 1.54) is 18.2 Å². The number of aliphatic hydroxyl groups is 1. The first-order chi connectivity index (χ1) is 11.7. The van der Waals surface area contributed by atoms with Crippen molar-refractivity contribution in [1.82, 2.24) is 0 Å². The van der Waals surface area contributed by atoms with Crippen LogP contribution in [-0.4, -0.2) is 31.6 Å². The third-order valence-corrected chi connectivity index (χ3v) is 5.03. The van der Waals surface area contributed by atoms with Gasteiger partial charge in [0.25, 0.3) is 15.7 Å². The van der Waals surface area contributed by atoms with Crippen LogP contribution in [0.4, 0.5) is 17.1 Å². The second-order valence-corrected chi connectivity index (χ2v) is 7.16. The van der Waals surface area contributed by atoms with Crippen LogP contribution in [0.25, 0.3) is 0 Å². The molecule has 8 nitrogen and oxygen atoms in total. The van der Waals surface area contributed by atoms with Gasteiger partial charge in [0, 0.05) is 18.7 Å². The zero-order valence-electron chi connectivity index (χ0n) is 13.8. The summed E-state index contributed by atoms with van der Waals surface area (Å²) in [6.45, 7) is 3.46. The summed E-state index contributed by atoms with van der Waals surface area (Å²) in [7, 11) is -3.93. The number of aryl methyl sites for hydroxylation is 2. The molecular weight excluding hydrogens is 346 g/mol. The number of nitrogens with one attached hydrogen (secondary N) is 2. The van der Waals surface area contributed by atoms with Crippen LogP contribution in [0, 0.1) is 24.0 Å². The molecule has 2 aromatic rings. The fourth-order valence-corrected chi connectivity index (χ4v) is 3.67. The maximum absolute atomic E-state index is 12.7. The molecule has 0 aliphatic carbocycles. The molecule has 0 atom stereocenters. The van der Waals surface area contributed by atoms with Gasteiger partial charge in [-0.05, 0) is 37.1 Å². The number of nitro benzene ring substituents is 1. The Morgan fingerprint density at radius 1 is 1.12 bits per heavy atom. The molecule has 0 heterocycles. The fraction of sp³-hybridized carbons (Fsp3) is 0.250. The Morgan fingerprint density at radius 2 is 1.84 bits per heavy atom. The molecule has 0 aliphatic rings. The van der Waals surface area contributed by atoms with Gasteiger partial charge in [0.2, 0.25) is 0 Å². The Kier molecular flexibility index (Phi) is 5.60. The van der Waals surface area contributed by atoms with Crippen LogP contribution in [0.1, 0.15) is 11.1 Å². The van der Waals surface area contributed by atoms with Crippen molar-refractivity contribution in [3.63, 3.8) is 0 Å². The van der Waals surface area contributed by atoms with E-state index in [0.717, 1.165) is 11.6 Å². The van der Waals surface area contributed by atoms with E-state index in [1.807, 2.05) is 0 Å². The van der Waals surface area contributed by atoms with E-state index < -0.39 is 14.9 Å². The van der Waals surface area contributed by atoms with Crippen molar-refractivity contribution >= 4 is 27.1 Å². The molecule has 0 spiro atoms. The number of rotatable bonds is 7. The average Bonchev–Trinajstić information content (AvgIpc) is 2.55. The highest BCUT2D eigenvalue weighted by Crippen LogP contribution is 2.30. The van der Waals surface area contributed by atoms with Crippen LogP contribution in [0.5, 0.6) is 0 Å². The highest BCUT2D eigenvalue weighted by Gasteiger charge is 2.20. The molecule has 0 aromatic heterocycles. The van der Waals surface area contributed by atoms with Crippen LogP contribution >= 0.6 is 0 Å². The van der Waals surface area contributed by atoms with Gasteiger partial charge in [-0.1, -0.05) is 12.1 Å². The molecule has 2 aromatic carbocycles. The summed E-state index contributed by atoms with van der Waals surface area (Å²) in [5, 5.41) is 22.7. The lowest BCUT2D eigenvalue weighted by molar-refractivity contribution is -0.384. The number of benzene rings is 2. The molecule has 0 amide bonds. The lowest BCUT2D eigenvalue weighted by atomic mass is 10.2. The molecule has 0 bridgehead atoms. The van der Waals surface area contributed by atoms with Crippen LogP contribution in [0.3, 0.4) is 0 Å². The second kappa shape index (κ2) is 7.49. The van der Waals surface area contributed by atoms with Crippen LogP contribution in [0.2, 0.25) is 0 Å². The largest absolute Gasteiger partial charge is 0.395 e. The van der Waals surface area contributed by atoms with E-state index in [1.54, 1.807) is 26.0 Å². The van der Waals surface area contributed by atoms with Crippen molar-refractivity contribution in [1.29, 1.82) is 0 Å². The topological polar surface area (TPSA) is 122 Å². The smallest absolute Gasteiger partial charge is 0.271 e. The van der Waals surface area contributed by atoms with Gasteiger partial charge in [0.15, 0.2) is 0 Å². The highest BCUT2D eigenvalue weighted by molar-refractivity contribution is 7.92. The van der Waals surface area contributed by atoms with Gasteiger partial charge in [-0.15, -0.1) is 0 Å². The van der Waals surface area contributed by atoms with Crippen LogP contribution in [-0.2, 0) is 10.0 Å². The SMILES string of the molecule is Cc1ccc(C)c(S(=O)(=O)Nc2cc([N+](=O)[O-])ccc2NCCO)c1. The minimum atomic E-state index is -3.93. The molecule has 3 N–H and O–H groups in total. The Hall–Kier alpha value is -2.65. The lowest BCUT2D eigenvalue weighted by Gasteiger charge is -2.15. The molecule has 0 saturated heterocycles. The van der Waals surface area contributed by atoms with Gasteiger partial charge in [0.1, 0.15) is 0 Å². The van der Waals surface area contributed by atoms with Gasteiger partial charge < -0.3 is 10.4 Å². The van der Waals surface area contributed by atoms with Crippen molar-refractivity contribution in [3.8, 4) is 0 Å². The molecule has 0 radical (unpaired) electrons. The lowest BCUT2D eigenvalue weighted by Crippen LogP contribution is -2.16. The molecule has 25 heavy (non-hydrogen) atoms. The summed E-state index contributed by atoms with van der Waals surface area (Å²) in [6.07, 6.45) is 0. The summed E-state index contributed by atoms with van der Waals surface area (Å²) >= 11 is 0. The van der Waals surface area contributed by atoms with E-state index in [2.05, 4.69) is 10.0 Å². The van der Waals surface area contributed by atoms with Crippen molar-refractivity contribution in [2.45, 2.75) is 18.7 Å². The standard InChI is InChI=1S/C16H19N3O5S/c1-11-3-4-12(2)16(9-11)25(23,24)18-15-10-13(19(21)22)5-6-14(15)17-7-8-20/h3-6,9-10,17-18,20H,7-8H2,1-2H3. The molecule has 134 valence electrons. The van der Waals surface area contributed by atoms with Gasteiger partial charge in [-0.25, -0.2) is 8.42 Å². The van der Waals surface area contributed by atoms with Gasteiger partial charge in [0.05, 0.1) is 27.8 Å². The van der Waals surface area contributed by atoms with Crippen LogP contribution < -0.4 is 10.0 Å². The third-order valence-electron chi connectivity index (χ3n) is 3.52. The van der Waals surface area contributed by atoms with Crippen molar-refractivity contribution in [2.75, 3.05) is 23.2 Å². The van der Waals surface area contributed by atoms with Crippen molar-refractivity contribution < 1.29 is 18.4 Å². The normalized spacial score (nSPS) is 11.2. The maximum atomic E-state index is 12.7. The maximum Gasteiger partial charge on any atom is 0.271 e. The number of aliphatic hydroxyl groups excluding tert-OH is 1. The summed E-state index contributed by atoms with van der Waals surface area (Å²) < 4.78 is 27.8. The number of hydrogen-bond acceptors (Lipinski definition) is 6. The molecule has 0 saturated carbocycles. The second-order valence-electron chi connectivity index (χ2n) is 5.51. The van der Waals surface area contributed by atoms with Crippen molar-refractivity contribution in [2.24, 2.45) is 0 Å². The molecule has 9 heteroatoms. The summed E-state index contributed by atoms with van der Waals surface area (Å²) in [5.74, 6) is 0. The quantitative estimate of drug-likeness (QED) is 0.512. The Morgan fingerprint density at radius 3 is 2.48 bits per heavy atom. The van der Waals surface area contributed by atoms with E-state index in [9.17, 15) is 18.5 Å².